The largest absolute Gasteiger partial charge is 0.343 e. The van der Waals surface area contributed by atoms with Gasteiger partial charge in [-0.05, 0) is 31.0 Å². The molecular weight excluding hydrogens is 291 g/mol. The van der Waals surface area contributed by atoms with Gasteiger partial charge in [-0.1, -0.05) is 29.3 Å². The summed E-state index contributed by atoms with van der Waals surface area (Å²) < 4.78 is 0. The Bertz CT molecular complexity index is 415. The van der Waals surface area contributed by atoms with Crippen molar-refractivity contribution in [2.45, 2.75) is 6.54 Å². The highest BCUT2D eigenvalue weighted by atomic mass is 35.5. The van der Waals surface area contributed by atoms with Crippen LogP contribution in [0.3, 0.4) is 0 Å². The first-order valence-electron chi connectivity index (χ1n) is 5.41. The number of nitrogens with one attached hydrogen (secondary N) is 1. The number of nitrogens with zero attached hydrogens (tertiary/aromatic N) is 1. The molecule has 100 valence electrons. The molecule has 1 amide bonds. The smallest absolute Gasteiger partial charge is 0.230 e. The highest BCUT2D eigenvalue weighted by Crippen LogP contribution is 2.22. The summed E-state index contributed by atoms with van der Waals surface area (Å²) in [6.45, 7) is 1.22. The Morgan fingerprint density at radius 3 is 2.72 bits per heavy atom. The minimum Gasteiger partial charge on any atom is -0.343 e. The van der Waals surface area contributed by atoms with Crippen molar-refractivity contribution in [3.8, 4) is 0 Å². The van der Waals surface area contributed by atoms with Crippen LogP contribution in [0.25, 0.3) is 0 Å². The molecule has 3 nitrogen and oxygen atoms in total. The summed E-state index contributed by atoms with van der Waals surface area (Å²) in [5.74, 6) is 0.532. The maximum absolute atomic E-state index is 11.3. The fourth-order valence-corrected chi connectivity index (χ4v) is 2.10. The van der Waals surface area contributed by atoms with Gasteiger partial charge in [0.25, 0.3) is 0 Å². The molecule has 0 atom stereocenters. The zero-order chi connectivity index (χ0) is 13.5. The van der Waals surface area contributed by atoms with Crippen LogP contribution in [0, 0.1) is 0 Å². The Morgan fingerprint density at radius 1 is 1.39 bits per heavy atom. The van der Waals surface area contributed by atoms with Crippen LogP contribution < -0.4 is 5.32 Å². The molecular formula is C12H16Cl2N2OS. The van der Waals surface area contributed by atoms with E-state index in [-0.39, 0.29) is 5.91 Å². The zero-order valence-corrected chi connectivity index (χ0v) is 12.7. The van der Waals surface area contributed by atoms with Gasteiger partial charge in [0.1, 0.15) is 0 Å². The Labute approximate surface area is 122 Å². The van der Waals surface area contributed by atoms with Crippen molar-refractivity contribution in [1.29, 1.82) is 0 Å². The lowest BCUT2D eigenvalue weighted by Crippen LogP contribution is -2.35. The molecule has 1 N–H and O–H groups in total. The van der Waals surface area contributed by atoms with E-state index < -0.39 is 0 Å². The lowest BCUT2D eigenvalue weighted by molar-refractivity contribution is -0.119. The van der Waals surface area contributed by atoms with Crippen molar-refractivity contribution < 1.29 is 4.79 Å². The van der Waals surface area contributed by atoms with Crippen molar-refractivity contribution in [3.63, 3.8) is 0 Å². The molecule has 0 aliphatic heterocycles. The molecule has 0 aromatic heterocycles. The minimum atomic E-state index is 0.0449. The molecule has 1 rings (SSSR count). The Kier molecular flexibility index (Phi) is 6.86. The first kappa shape index (κ1) is 15.6. The number of benzene rings is 1. The summed E-state index contributed by atoms with van der Waals surface area (Å²) in [5.41, 5.74) is 1.06. The molecule has 0 heterocycles. The zero-order valence-electron chi connectivity index (χ0n) is 10.4. The molecule has 0 saturated heterocycles. The van der Waals surface area contributed by atoms with Gasteiger partial charge in [-0.3, -0.25) is 9.69 Å². The summed E-state index contributed by atoms with van der Waals surface area (Å²) in [6, 6.07) is 5.54. The van der Waals surface area contributed by atoms with E-state index in [0.29, 0.717) is 29.0 Å². The molecule has 18 heavy (non-hydrogen) atoms. The molecule has 0 saturated carbocycles. The van der Waals surface area contributed by atoms with Crippen LogP contribution >= 0.6 is 35.0 Å². The lowest BCUT2D eigenvalue weighted by Gasteiger charge is -2.17. The molecule has 0 fully saturated rings. The van der Waals surface area contributed by atoms with Gasteiger partial charge in [-0.2, -0.15) is 11.8 Å². The highest BCUT2D eigenvalue weighted by molar-refractivity contribution is 7.99. The normalized spacial score (nSPS) is 10.7. The molecule has 0 bridgehead atoms. The van der Waals surface area contributed by atoms with Crippen molar-refractivity contribution >= 4 is 40.9 Å². The second-order valence-corrected chi connectivity index (χ2v) is 5.63. The van der Waals surface area contributed by atoms with Gasteiger partial charge in [0.2, 0.25) is 5.91 Å². The quantitative estimate of drug-likeness (QED) is 0.820. The summed E-state index contributed by atoms with van der Waals surface area (Å²) in [7, 11) is 1.93. The molecule has 0 aliphatic carbocycles. The number of halogens is 2. The number of amides is 1. The van der Waals surface area contributed by atoms with E-state index in [9.17, 15) is 4.79 Å². The van der Waals surface area contributed by atoms with E-state index in [1.165, 1.54) is 11.8 Å². The molecule has 0 unspecified atom stereocenters. The molecule has 0 radical (unpaired) electrons. The van der Waals surface area contributed by atoms with E-state index in [2.05, 4.69) is 5.32 Å². The molecule has 0 spiro atoms. The van der Waals surface area contributed by atoms with Crippen LogP contribution in [-0.4, -0.2) is 36.5 Å². The van der Waals surface area contributed by atoms with E-state index in [1.807, 2.05) is 30.3 Å². The van der Waals surface area contributed by atoms with E-state index >= 15 is 0 Å². The van der Waals surface area contributed by atoms with Crippen LogP contribution in [0.15, 0.2) is 18.2 Å². The van der Waals surface area contributed by atoms with Gasteiger partial charge in [0.15, 0.2) is 0 Å². The predicted molar refractivity (Wildman–Crippen MR) is 79.3 cm³/mol. The fourth-order valence-electron chi connectivity index (χ4n) is 1.41. The Balaban J connectivity index is 2.42. The van der Waals surface area contributed by atoms with E-state index in [0.717, 1.165) is 5.56 Å². The van der Waals surface area contributed by atoms with Gasteiger partial charge in [0.05, 0.1) is 22.5 Å². The third-order valence-corrected chi connectivity index (χ3v) is 3.55. The number of rotatable bonds is 6. The van der Waals surface area contributed by atoms with Gasteiger partial charge < -0.3 is 5.32 Å². The number of hydrogen-bond acceptors (Lipinski definition) is 3. The topological polar surface area (TPSA) is 32.3 Å². The first-order valence-corrected chi connectivity index (χ1v) is 7.56. The third-order valence-electron chi connectivity index (χ3n) is 2.26. The molecule has 6 heteroatoms. The van der Waals surface area contributed by atoms with Crippen LogP contribution in [0.1, 0.15) is 5.56 Å². The Hall–Kier alpha value is -0.420. The third kappa shape index (κ3) is 5.48. The average Bonchev–Trinajstić information content (AvgIpc) is 2.32. The number of carbonyl (C=O) groups is 1. The Morgan fingerprint density at radius 2 is 2.11 bits per heavy atom. The lowest BCUT2D eigenvalue weighted by atomic mass is 10.2. The van der Waals surface area contributed by atoms with E-state index in [4.69, 9.17) is 23.2 Å². The average molecular weight is 307 g/mol. The fraction of sp³-hybridized carbons (Fsp3) is 0.417. The maximum Gasteiger partial charge on any atom is 0.230 e. The second kappa shape index (κ2) is 7.89. The monoisotopic (exact) mass is 306 g/mol. The van der Waals surface area contributed by atoms with Crippen LogP contribution in [0.5, 0.6) is 0 Å². The SMILES string of the molecule is CSCC(=O)NCN(C)Cc1ccc(Cl)c(Cl)c1. The summed E-state index contributed by atoms with van der Waals surface area (Å²) >= 11 is 13.3. The summed E-state index contributed by atoms with van der Waals surface area (Å²) in [4.78, 5) is 13.3. The van der Waals surface area contributed by atoms with Gasteiger partial charge in [-0.15, -0.1) is 0 Å². The molecule has 1 aromatic carbocycles. The van der Waals surface area contributed by atoms with Gasteiger partial charge in [-0.25, -0.2) is 0 Å². The number of thioether (sulfide) groups is 1. The van der Waals surface area contributed by atoms with Gasteiger partial charge in [0, 0.05) is 6.54 Å². The minimum absolute atomic E-state index is 0.0449. The van der Waals surface area contributed by atoms with Gasteiger partial charge >= 0.3 is 0 Å². The van der Waals surface area contributed by atoms with Crippen LogP contribution in [0.2, 0.25) is 10.0 Å². The summed E-state index contributed by atoms with van der Waals surface area (Å²) in [6.07, 6.45) is 1.90. The van der Waals surface area contributed by atoms with Crippen molar-refractivity contribution in [2.24, 2.45) is 0 Å². The number of hydrogen-bond donors (Lipinski definition) is 1. The standard InChI is InChI=1S/C12H16Cl2N2OS/c1-16(8-15-12(17)7-18-2)6-9-3-4-10(13)11(14)5-9/h3-5H,6-8H2,1-2H3,(H,15,17). The molecule has 1 aromatic rings. The first-order chi connectivity index (χ1) is 8.52. The highest BCUT2D eigenvalue weighted by Gasteiger charge is 2.05. The predicted octanol–water partition coefficient (Wildman–Crippen LogP) is 2.86. The van der Waals surface area contributed by atoms with Crippen molar-refractivity contribution in [2.75, 3.05) is 25.7 Å². The van der Waals surface area contributed by atoms with Crippen molar-refractivity contribution in [1.82, 2.24) is 10.2 Å². The number of carbonyl (C=O) groups excluding carboxylic acids is 1. The second-order valence-electron chi connectivity index (χ2n) is 3.95. The van der Waals surface area contributed by atoms with Crippen molar-refractivity contribution in [3.05, 3.63) is 33.8 Å². The summed E-state index contributed by atoms with van der Waals surface area (Å²) in [5, 5.41) is 3.94. The maximum atomic E-state index is 11.3. The van der Waals surface area contributed by atoms with Crippen LogP contribution in [-0.2, 0) is 11.3 Å². The molecule has 0 aliphatic rings. The van der Waals surface area contributed by atoms with Crippen LogP contribution in [0.4, 0.5) is 0 Å². The van der Waals surface area contributed by atoms with E-state index in [1.54, 1.807) is 6.07 Å².